The minimum atomic E-state index is -2.40. The predicted octanol–water partition coefficient (Wildman–Crippen LogP) is 0.445. The van der Waals surface area contributed by atoms with Crippen molar-refractivity contribution < 1.29 is 41.6 Å². The molecule has 5 heteroatoms. The maximum absolute atomic E-state index is 2.40. The molecule has 43 heavy (non-hydrogen) atoms. The number of hydrogen-bond donors (Lipinski definition) is 0. The molecule has 0 saturated carbocycles. The van der Waals surface area contributed by atoms with Gasteiger partial charge >= 0.3 is 257 Å². The van der Waals surface area contributed by atoms with Crippen LogP contribution in [0.5, 0.6) is 0 Å². The summed E-state index contributed by atoms with van der Waals surface area (Å²) in [5, 5.41) is 8.86. The number of benzene rings is 6. The average Bonchev–Trinajstić information content (AvgIpc) is 3.06. The van der Waals surface area contributed by atoms with E-state index in [1.54, 1.807) is 0 Å². The molecule has 0 saturated heterocycles. The van der Waals surface area contributed by atoms with Crippen LogP contribution in [0.25, 0.3) is 0 Å². The van der Waals surface area contributed by atoms with Crippen molar-refractivity contribution in [1.29, 1.82) is 0 Å². The zero-order chi connectivity index (χ0) is 27.1. The molecule has 0 heterocycles. The molecule has 0 aliphatic carbocycles. The van der Waals surface area contributed by atoms with Gasteiger partial charge in [0, 0.05) is 0 Å². The van der Waals surface area contributed by atoms with Gasteiger partial charge in [0.2, 0.25) is 0 Å². The van der Waals surface area contributed by atoms with E-state index in [1.165, 1.54) is 31.8 Å². The van der Waals surface area contributed by atoms with Crippen LogP contribution in [0.15, 0.2) is 182 Å². The summed E-state index contributed by atoms with van der Waals surface area (Å²) in [5.74, 6) is 0. The summed E-state index contributed by atoms with van der Waals surface area (Å²) < 4.78 is 0. The van der Waals surface area contributed by atoms with Crippen molar-refractivity contribution in [3.63, 3.8) is 0 Å². The van der Waals surface area contributed by atoms with E-state index in [9.17, 15) is 0 Å². The molecule has 0 fully saturated rings. The molecule has 0 unspecified atom stereocenters. The Hall–Kier alpha value is -2.73. The van der Waals surface area contributed by atoms with Crippen LogP contribution in [-0.2, 0) is 16.8 Å². The van der Waals surface area contributed by atoms with Gasteiger partial charge < -0.3 is 24.8 Å². The van der Waals surface area contributed by atoms with Crippen molar-refractivity contribution >= 4 is 46.4 Å². The maximum atomic E-state index is 2.38. The molecule has 6 aromatic carbocycles. The van der Waals surface area contributed by atoms with Crippen LogP contribution in [0.3, 0.4) is 0 Å². The number of rotatable bonds is 9. The Labute approximate surface area is 280 Å². The fraction of sp³-hybridized carbons (Fsp3) is 0.0526. The van der Waals surface area contributed by atoms with Gasteiger partial charge in [-0.2, -0.15) is 0 Å². The summed E-state index contributed by atoms with van der Waals surface area (Å²) in [6, 6.07) is 68.1. The fourth-order valence-corrected chi connectivity index (χ4v) is 17.9. The van der Waals surface area contributed by atoms with Crippen molar-refractivity contribution in [2.24, 2.45) is 0 Å². The van der Waals surface area contributed by atoms with Crippen molar-refractivity contribution in [1.82, 2.24) is 0 Å². The predicted molar refractivity (Wildman–Crippen MR) is 183 cm³/mol. The molecule has 0 amide bonds. The van der Waals surface area contributed by atoms with E-state index < -0.39 is 14.5 Å². The minimum absolute atomic E-state index is 0. The zero-order valence-electron chi connectivity index (χ0n) is 23.8. The van der Waals surface area contributed by atoms with Crippen LogP contribution in [0, 0.1) is 0 Å². The molecule has 0 aromatic heterocycles. The number of halogens is 2. The normalized spacial score (nSPS) is 11.6. The Kier molecular flexibility index (Phi) is 13.2. The summed E-state index contributed by atoms with van der Waals surface area (Å²) in [4.78, 5) is 0. The Morgan fingerprint density at radius 1 is 0.256 bits per heavy atom. The van der Waals surface area contributed by atoms with Gasteiger partial charge in [0.25, 0.3) is 0 Å². The summed E-state index contributed by atoms with van der Waals surface area (Å²) >= 11 is 0. The first-order chi connectivity index (χ1) is 19.8. The number of hydrogen-bond acceptors (Lipinski definition) is 0. The van der Waals surface area contributed by atoms with Crippen LogP contribution in [0.4, 0.5) is 0 Å². The van der Waals surface area contributed by atoms with E-state index in [4.69, 9.17) is 0 Å². The van der Waals surface area contributed by atoms with Gasteiger partial charge in [0.15, 0.2) is 0 Å². The Bertz CT molecular complexity index is 1300. The van der Waals surface area contributed by atoms with E-state index in [0.717, 1.165) is 12.3 Å². The topological polar surface area (TPSA) is 0 Å². The van der Waals surface area contributed by atoms with E-state index in [2.05, 4.69) is 182 Å². The zero-order valence-corrected chi connectivity index (χ0v) is 28.4. The molecule has 1 radical (unpaired) electrons. The van der Waals surface area contributed by atoms with Crippen LogP contribution in [0.2, 0.25) is 0 Å². The van der Waals surface area contributed by atoms with Gasteiger partial charge in [-0.05, 0) is 0 Å². The van der Waals surface area contributed by atoms with Gasteiger partial charge in [0.05, 0.1) is 0 Å². The van der Waals surface area contributed by atoms with Crippen LogP contribution in [0.1, 0.15) is 0 Å². The standard InChI is InChI=1S/C38H36P2.2ClH.Co/c1-7-19-33(20-8-1)39(34-21-9-2-10-22-34,35-23-11-3-12-24-35)31-32-40(36-25-13-4-14-26-36,37-27-15-5-16-28-37)38-29-17-6-18-30-38;;;/h1-30,39-40H,31-32H2;2*1H;/q;;;+2/p-2. The molecule has 0 aliphatic heterocycles. The molecular formula is C38H36Cl2CoP2. The molecule has 0 N–H and O–H groups in total. The summed E-state index contributed by atoms with van der Waals surface area (Å²) in [6.07, 6.45) is 2.24. The molecule has 0 bridgehead atoms. The van der Waals surface area contributed by atoms with Gasteiger partial charge in [-0.15, -0.1) is 0 Å². The van der Waals surface area contributed by atoms with E-state index >= 15 is 0 Å². The average molecular weight is 684 g/mol. The second-order valence-electron chi connectivity index (χ2n) is 10.5. The van der Waals surface area contributed by atoms with E-state index in [1.807, 2.05) is 0 Å². The second kappa shape index (κ2) is 16.4. The molecule has 0 atom stereocenters. The monoisotopic (exact) mass is 683 g/mol. The van der Waals surface area contributed by atoms with Gasteiger partial charge in [0.1, 0.15) is 0 Å². The third-order valence-corrected chi connectivity index (χ3v) is 18.9. The van der Waals surface area contributed by atoms with Gasteiger partial charge in [-0.25, -0.2) is 0 Å². The van der Waals surface area contributed by atoms with Gasteiger partial charge in [-0.3, -0.25) is 0 Å². The molecule has 221 valence electrons. The van der Waals surface area contributed by atoms with Crippen molar-refractivity contribution in [2.75, 3.05) is 12.3 Å². The van der Waals surface area contributed by atoms with Crippen LogP contribution < -0.4 is 56.6 Å². The summed E-state index contributed by atoms with van der Waals surface area (Å²) in [6.45, 7) is 0. The first-order valence-electron chi connectivity index (χ1n) is 14.2. The molecule has 0 nitrogen and oxygen atoms in total. The van der Waals surface area contributed by atoms with Crippen LogP contribution >= 0.6 is 14.5 Å². The van der Waals surface area contributed by atoms with Crippen LogP contribution in [-0.4, -0.2) is 12.3 Å². The summed E-state index contributed by atoms with van der Waals surface area (Å²) in [5.41, 5.74) is 0. The Morgan fingerprint density at radius 3 is 0.535 bits per heavy atom. The molecular weight excluding hydrogens is 648 g/mol. The third-order valence-electron chi connectivity index (χ3n) is 8.47. The first-order valence-corrected chi connectivity index (χ1v) is 18.6. The molecule has 0 spiro atoms. The van der Waals surface area contributed by atoms with E-state index in [-0.39, 0.29) is 41.6 Å². The van der Waals surface area contributed by atoms with Crippen molar-refractivity contribution in [3.8, 4) is 0 Å². The fourth-order valence-electron chi connectivity index (χ4n) is 6.58. The molecule has 0 aliphatic rings. The van der Waals surface area contributed by atoms with Crippen molar-refractivity contribution in [3.05, 3.63) is 182 Å². The summed E-state index contributed by atoms with van der Waals surface area (Å²) in [7, 11) is -4.80. The quantitative estimate of drug-likeness (QED) is 0.194. The Morgan fingerprint density at radius 2 is 0.395 bits per heavy atom. The first kappa shape index (κ1) is 34.8. The SMILES string of the molecule is [Cl-].[Cl-].[Co+2].c1ccc([PH](CC[PH](c2ccccc2)(c2ccccc2)c2ccccc2)(c2ccccc2)c2ccccc2)cc1. The second-order valence-corrected chi connectivity index (χ2v) is 18.6. The van der Waals surface area contributed by atoms with Crippen molar-refractivity contribution in [2.45, 2.75) is 0 Å². The van der Waals surface area contributed by atoms with Gasteiger partial charge in [-0.1, -0.05) is 0 Å². The molecule has 6 aromatic rings. The Balaban J connectivity index is 0.00000169. The third kappa shape index (κ3) is 7.00. The molecule has 6 rings (SSSR count). The van der Waals surface area contributed by atoms with E-state index in [0.29, 0.717) is 0 Å².